The molecule has 5 nitrogen and oxygen atoms in total. The van der Waals surface area contributed by atoms with Gasteiger partial charge < -0.3 is 24.6 Å². The van der Waals surface area contributed by atoms with E-state index in [1.807, 2.05) is 87.4 Å². The fraction of sp³-hybridized carbons (Fsp3) is 0.333. The van der Waals surface area contributed by atoms with Crippen LogP contribution in [0.4, 0.5) is 0 Å². The third kappa shape index (κ3) is 4.18. The van der Waals surface area contributed by atoms with Crippen LogP contribution in [0.2, 0.25) is 0 Å². The lowest BCUT2D eigenvalue weighted by molar-refractivity contribution is -0.109. The highest BCUT2D eigenvalue weighted by Crippen LogP contribution is 2.52. The van der Waals surface area contributed by atoms with Crippen LogP contribution in [-0.2, 0) is 12.2 Å². The van der Waals surface area contributed by atoms with Gasteiger partial charge >= 0.3 is 0 Å². The van der Waals surface area contributed by atoms with E-state index in [4.69, 9.17) is 9.47 Å². The van der Waals surface area contributed by atoms with Gasteiger partial charge in [-0.05, 0) is 69.4 Å². The van der Waals surface area contributed by atoms with E-state index in [1.165, 1.54) is 0 Å². The summed E-state index contributed by atoms with van der Waals surface area (Å²) in [4.78, 5) is 2.05. The van der Waals surface area contributed by atoms with Crippen LogP contribution in [0.15, 0.2) is 72.8 Å². The summed E-state index contributed by atoms with van der Waals surface area (Å²) in [6, 6.07) is 22.4. The standard InChI is InChI=1S/C27H31NO4/c1-26(2)25(17-28(3)4)27(30,20-11-8-12-21(29)15-20)23-16-22(13-14-24(23)32-26)31-18-19-9-6-5-7-10-19/h5-16,25,29-30H,17-18H2,1-4H3. The number of ether oxygens (including phenoxy) is 2. The molecule has 2 unspecified atom stereocenters. The third-order valence-electron chi connectivity index (χ3n) is 6.16. The van der Waals surface area contributed by atoms with Crippen molar-refractivity contribution in [2.75, 3.05) is 20.6 Å². The first kappa shape index (κ1) is 22.2. The van der Waals surface area contributed by atoms with Gasteiger partial charge in [-0.15, -0.1) is 0 Å². The Kier molecular flexibility index (Phi) is 5.89. The number of phenolic OH excluding ortho intramolecular Hbond substituents is 1. The highest BCUT2D eigenvalue weighted by molar-refractivity contribution is 5.52. The predicted molar refractivity (Wildman–Crippen MR) is 125 cm³/mol. The first-order chi connectivity index (χ1) is 15.2. The first-order valence-electron chi connectivity index (χ1n) is 10.9. The molecule has 0 aliphatic carbocycles. The van der Waals surface area contributed by atoms with Gasteiger partial charge in [0.2, 0.25) is 0 Å². The SMILES string of the molecule is CN(C)CC1C(C)(C)Oc2ccc(OCc3ccccc3)cc2C1(O)c1cccc(O)c1. The van der Waals surface area contributed by atoms with Gasteiger partial charge in [-0.25, -0.2) is 0 Å². The lowest BCUT2D eigenvalue weighted by atomic mass is 9.67. The minimum atomic E-state index is -1.38. The number of benzene rings is 3. The summed E-state index contributed by atoms with van der Waals surface area (Å²) in [6.07, 6.45) is 0. The molecule has 0 saturated heterocycles. The van der Waals surface area contributed by atoms with Crippen molar-refractivity contribution < 1.29 is 19.7 Å². The molecule has 0 aromatic heterocycles. The molecule has 0 spiro atoms. The Morgan fingerprint density at radius 2 is 1.72 bits per heavy atom. The van der Waals surface area contributed by atoms with E-state index >= 15 is 0 Å². The number of phenols is 1. The number of rotatable bonds is 6. The Balaban J connectivity index is 1.81. The second-order valence-electron chi connectivity index (χ2n) is 9.27. The zero-order valence-corrected chi connectivity index (χ0v) is 19.1. The zero-order valence-electron chi connectivity index (χ0n) is 19.1. The molecule has 1 aliphatic rings. The number of aromatic hydroxyl groups is 1. The van der Waals surface area contributed by atoms with E-state index < -0.39 is 11.2 Å². The topological polar surface area (TPSA) is 62.2 Å². The molecule has 0 fully saturated rings. The molecule has 2 N–H and O–H groups in total. The maximum absolute atomic E-state index is 12.4. The molecule has 2 atom stereocenters. The van der Waals surface area contributed by atoms with Crippen molar-refractivity contribution in [2.24, 2.45) is 5.92 Å². The Morgan fingerprint density at radius 3 is 2.41 bits per heavy atom. The highest BCUT2D eigenvalue weighted by atomic mass is 16.5. The van der Waals surface area contributed by atoms with Crippen molar-refractivity contribution in [2.45, 2.75) is 31.7 Å². The maximum atomic E-state index is 12.4. The maximum Gasteiger partial charge on any atom is 0.126 e. The van der Waals surface area contributed by atoms with Crippen LogP contribution in [0.3, 0.4) is 0 Å². The van der Waals surface area contributed by atoms with Gasteiger partial charge in [0, 0.05) is 18.0 Å². The van der Waals surface area contributed by atoms with Gasteiger partial charge in [0.25, 0.3) is 0 Å². The van der Waals surface area contributed by atoms with E-state index in [1.54, 1.807) is 18.2 Å². The van der Waals surface area contributed by atoms with E-state index in [0.717, 1.165) is 5.56 Å². The molecule has 5 heteroatoms. The van der Waals surface area contributed by atoms with Crippen LogP contribution in [0, 0.1) is 5.92 Å². The summed E-state index contributed by atoms with van der Waals surface area (Å²) >= 11 is 0. The van der Waals surface area contributed by atoms with Crippen molar-refractivity contribution in [3.05, 3.63) is 89.5 Å². The number of aliphatic hydroxyl groups is 1. The molecule has 0 radical (unpaired) electrons. The Labute approximate surface area is 189 Å². The number of nitrogens with zero attached hydrogens (tertiary/aromatic N) is 1. The molecule has 32 heavy (non-hydrogen) atoms. The molecule has 1 aliphatic heterocycles. The van der Waals surface area contributed by atoms with Gasteiger partial charge in [0.05, 0.1) is 0 Å². The fourth-order valence-corrected chi connectivity index (χ4v) is 4.59. The van der Waals surface area contributed by atoms with Crippen LogP contribution < -0.4 is 9.47 Å². The Hall–Kier alpha value is -3.02. The molecule has 0 bridgehead atoms. The quantitative estimate of drug-likeness (QED) is 0.597. The van der Waals surface area contributed by atoms with Crippen LogP contribution in [0.1, 0.15) is 30.5 Å². The second-order valence-corrected chi connectivity index (χ2v) is 9.27. The normalized spacial score (nSPS) is 21.6. The average Bonchev–Trinajstić information content (AvgIpc) is 2.76. The van der Waals surface area contributed by atoms with Gasteiger partial charge in [-0.2, -0.15) is 0 Å². The van der Waals surface area contributed by atoms with Crippen molar-refractivity contribution >= 4 is 0 Å². The second kappa shape index (κ2) is 8.49. The molecule has 0 amide bonds. The van der Waals surface area contributed by atoms with E-state index in [9.17, 15) is 10.2 Å². The number of hydrogen-bond donors (Lipinski definition) is 2. The van der Waals surface area contributed by atoms with Crippen LogP contribution >= 0.6 is 0 Å². The van der Waals surface area contributed by atoms with Gasteiger partial charge in [0.15, 0.2) is 0 Å². The number of fused-ring (bicyclic) bond motifs is 1. The van der Waals surface area contributed by atoms with Gasteiger partial charge in [0.1, 0.15) is 35.1 Å². The largest absolute Gasteiger partial charge is 0.508 e. The molecular formula is C27H31NO4. The predicted octanol–water partition coefficient (Wildman–Crippen LogP) is 4.56. The first-order valence-corrected chi connectivity index (χ1v) is 10.9. The van der Waals surface area contributed by atoms with Crippen molar-refractivity contribution in [3.8, 4) is 17.2 Å². The van der Waals surface area contributed by atoms with Crippen LogP contribution in [0.25, 0.3) is 0 Å². The molecular weight excluding hydrogens is 402 g/mol. The third-order valence-corrected chi connectivity index (χ3v) is 6.16. The lowest BCUT2D eigenvalue weighted by Gasteiger charge is -2.51. The summed E-state index contributed by atoms with van der Waals surface area (Å²) in [6.45, 7) is 5.01. The molecule has 3 aromatic carbocycles. The monoisotopic (exact) mass is 433 g/mol. The summed E-state index contributed by atoms with van der Waals surface area (Å²) in [5.74, 6) is 1.08. The van der Waals surface area contributed by atoms with E-state index in [0.29, 0.717) is 35.8 Å². The minimum absolute atomic E-state index is 0.113. The minimum Gasteiger partial charge on any atom is -0.508 e. The molecule has 0 saturated carbocycles. The summed E-state index contributed by atoms with van der Waals surface area (Å²) in [7, 11) is 3.96. The smallest absolute Gasteiger partial charge is 0.126 e. The van der Waals surface area contributed by atoms with E-state index in [2.05, 4.69) is 0 Å². The average molecular weight is 434 g/mol. The summed E-state index contributed by atoms with van der Waals surface area (Å²) in [5.41, 5.74) is 0.300. The Bertz CT molecular complexity index is 1080. The van der Waals surface area contributed by atoms with Crippen molar-refractivity contribution in [1.29, 1.82) is 0 Å². The molecule has 4 rings (SSSR count). The lowest BCUT2D eigenvalue weighted by Crippen LogP contribution is -2.57. The van der Waals surface area contributed by atoms with E-state index in [-0.39, 0.29) is 11.7 Å². The van der Waals surface area contributed by atoms with Crippen molar-refractivity contribution in [1.82, 2.24) is 4.90 Å². The van der Waals surface area contributed by atoms with Crippen molar-refractivity contribution in [3.63, 3.8) is 0 Å². The Morgan fingerprint density at radius 1 is 0.969 bits per heavy atom. The van der Waals surface area contributed by atoms with Crippen LogP contribution in [0.5, 0.6) is 17.2 Å². The zero-order chi connectivity index (χ0) is 22.9. The van der Waals surface area contributed by atoms with Gasteiger partial charge in [-0.1, -0.05) is 42.5 Å². The molecule has 1 heterocycles. The fourth-order valence-electron chi connectivity index (χ4n) is 4.59. The molecule has 3 aromatic rings. The summed E-state index contributed by atoms with van der Waals surface area (Å²) < 4.78 is 12.4. The highest BCUT2D eigenvalue weighted by Gasteiger charge is 2.54. The summed E-state index contributed by atoms with van der Waals surface area (Å²) in [5, 5.41) is 22.6. The van der Waals surface area contributed by atoms with Crippen LogP contribution in [-0.4, -0.2) is 41.4 Å². The molecule has 168 valence electrons. The number of hydrogen-bond acceptors (Lipinski definition) is 5. The van der Waals surface area contributed by atoms with Gasteiger partial charge in [-0.3, -0.25) is 0 Å².